The Kier molecular flexibility index (Phi) is 2.89. The lowest BCUT2D eigenvalue weighted by molar-refractivity contribution is -0.385. The summed E-state index contributed by atoms with van der Waals surface area (Å²) >= 11 is 4.79. The topological polar surface area (TPSA) is 63.4 Å². The van der Waals surface area contributed by atoms with Crippen molar-refractivity contribution in [2.75, 3.05) is 0 Å². The van der Waals surface area contributed by atoms with E-state index in [2.05, 4.69) is 15.9 Å². The van der Waals surface area contributed by atoms with Gasteiger partial charge in [0.2, 0.25) is 0 Å². The molecule has 0 amide bonds. The second kappa shape index (κ2) is 3.56. The number of nitro groups is 1. The summed E-state index contributed by atoms with van der Waals surface area (Å²) in [7, 11) is 0. The van der Waals surface area contributed by atoms with Crippen molar-refractivity contribution in [3.8, 4) is 5.75 Å². The molecule has 0 bridgehead atoms. The maximum absolute atomic E-state index is 10.4. The second-order valence-electron chi connectivity index (χ2n) is 2.01. The minimum absolute atomic E-state index is 0.00463. The summed E-state index contributed by atoms with van der Waals surface area (Å²) in [6.07, 6.45) is 0. The maximum atomic E-state index is 10.4. The number of nitrogens with zero attached hydrogens (tertiary/aromatic N) is 1. The SMILES string of the molecule is O=[N+]([O-])c1cc(Br)c(O)cc1I. The van der Waals surface area contributed by atoms with Gasteiger partial charge in [-0.05, 0) is 38.5 Å². The summed E-state index contributed by atoms with van der Waals surface area (Å²) in [5, 5.41) is 19.5. The molecule has 0 saturated carbocycles. The van der Waals surface area contributed by atoms with Crippen LogP contribution in [-0.2, 0) is 0 Å². The molecule has 0 radical (unpaired) electrons. The van der Waals surface area contributed by atoms with E-state index in [9.17, 15) is 10.1 Å². The summed E-state index contributed by atoms with van der Waals surface area (Å²) in [6.45, 7) is 0. The lowest BCUT2D eigenvalue weighted by atomic mass is 10.3. The van der Waals surface area contributed by atoms with Crippen molar-refractivity contribution < 1.29 is 10.0 Å². The Morgan fingerprint density at radius 1 is 1.58 bits per heavy atom. The molecular formula is C6H3BrINO3. The van der Waals surface area contributed by atoms with E-state index < -0.39 is 4.92 Å². The van der Waals surface area contributed by atoms with Crippen molar-refractivity contribution in [3.05, 3.63) is 30.3 Å². The molecule has 1 N–H and O–H groups in total. The number of nitro benzene ring substituents is 1. The number of hydrogen-bond acceptors (Lipinski definition) is 3. The number of hydrogen-bond donors (Lipinski definition) is 1. The molecule has 64 valence electrons. The van der Waals surface area contributed by atoms with Crippen LogP contribution in [-0.4, -0.2) is 10.0 Å². The molecule has 1 rings (SSSR count). The molecule has 1 aromatic rings. The molecule has 0 unspecified atom stereocenters. The van der Waals surface area contributed by atoms with Crippen LogP contribution in [0.25, 0.3) is 0 Å². The van der Waals surface area contributed by atoms with Crippen LogP contribution in [0.2, 0.25) is 0 Å². The smallest absolute Gasteiger partial charge is 0.284 e. The minimum atomic E-state index is -0.494. The maximum Gasteiger partial charge on any atom is 0.284 e. The van der Waals surface area contributed by atoms with Crippen LogP contribution in [0.3, 0.4) is 0 Å². The van der Waals surface area contributed by atoms with Gasteiger partial charge in [-0.3, -0.25) is 10.1 Å². The number of aromatic hydroxyl groups is 1. The minimum Gasteiger partial charge on any atom is -0.507 e. The number of rotatable bonds is 1. The third-order valence-electron chi connectivity index (χ3n) is 1.21. The van der Waals surface area contributed by atoms with Crippen LogP contribution < -0.4 is 0 Å². The molecule has 12 heavy (non-hydrogen) atoms. The average Bonchev–Trinajstić information content (AvgIpc) is 1.96. The fourth-order valence-electron chi connectivity index (χ4n) is 0.666. The first-order chi connectivity index (χ1) is 5.52. The summed E-state index contributed by atoms with van der Waals surface area (Å²) in [5.74, 6) is 0.00463. The number of phenolic OH excluding ortho intramolecular Hbond substituents is 1. The Morgan fingerprint density at radius 2 is 2.17 bits per heavy atom. The standard InChI is InChI=1S/C6H3BrINO3/c7-3-1-5(9(11)12)4(8)2-6(3)10/h1-2,10H. The number of phenols is 1. The van der Waals surface area contributed by atoms with E-state index in [1.807, 2.05) is 0 Å². The molecule has 0 fully saturated rings. The molecule has 0 atom stereocenters. The largest absolute Gasteiger partial charge is 0.507 e. The Morgan fingerprint density at radius 3 is 2.67 bits per heavy atom. The zero-order valence-corrected chi connectivity index (χ0v) is 9.37. The highest BCUT2D eigenvalue weighted by Crippen LogP contribution is 2.32. The lowest BCUT2D eigenvalue weighted by Crippen LogP contribution is -1.91. The highest BCUT2D eigenvalue weighted by Gasteiger charge is 2.14. The van der Waals surface area contributed by atoms with Gasteiger partial charge in [-0.2, -0.15) is 0 Å². The molecule has 0 spiro atoms. The molecule has 4 nitrogen and oxygen atoms in total. The van der Waals surface area contributed by atoms with Gasteiger partial charge in [-0.15, -0.1) is 0 Å². The van der Waals surface area contributed by atoms with E-state index in [1.54, 1.807) is 22.6 Å². The third kappa shape index (κ3) is 1.86. The fraction of sp³-hybridized carbons (Fsp3) is 0. The second-order valence-corrected chi connectivity index (χ2v) is 4.03. The Bertz CT molecular complexity index is 342. The number of halogens is 2. The van der Waals surface area contributed by atoms with Crippen LogP contribution in [0.15, 0.2) is 16.6 Å². The van der Waals surface area contributed by atoms with Crippen molar-refractivity contribution in [2.45, 2.75) is 0 Å². The van der Waals surface area contributed by atoms with Crippen molar-refractivity contribution in [3.63, 3.8) is 0 Å². The van der Waals surface area contributed by atoms with Gasteiger partial charge in [0.1, 0.15) is 5.75 Å². The third-order valence-corrected chi connectivity index (χ3v) is 2.71. The van der Waals surface area contributed by atoms with Gasteiger partial charge in [-0.25, -0.2) is 0 Å². The highest BCUT2D eigenvalue weighted by molar-refractivity contribution is 14.1. The monoisotopic (exact) mass is 343 g/mol. The summed E-state index contributed by atoms with van der Waals surface area (Å²) in [4.78, 5) is 9.89. The molecule has 1 aromatic carbocycles. The fourth-order valence-corrected chi connectivity index (χ4v) is 1.64. The van der Waals surface area contributed by atoms with Crippen molar-refractivity contribution in [1.82, 2.24) is 0 Å². The van der Waals surface area contributed by atoms with Gasteiger partial charge in [0.05, 0.1) is 13.0 Å². The van der Waals surface area contributed by atoms with E-state index in [0.29, 0.717) is 8.04 Å². The zero-order chi connectivity index (χ0) is 9.30. The zero-order valence-electron chi connectivity index (χ0n) is 5.62. The first-order valence-electron chi connectivity index (χ1n) is 2.85. The van der Waals surface area contributed by atoms with Gasteiger partial charge < -0.3 is 5.11 Å². The predicted molar refractivity (Wildman–Crippen MR) is 55.2 cm³/mol. The molecule has 0 heterocycles. The number of benzene rings is 1. The van der Waals surface area contributed by atoms with Gasteiger partial charge in [-0.1, -0.05) is 0 Å². The van der Waals surface area contributed by atoms with Crippen LogP contribution in [0, 0.1) is 13.7 Å². The molecule has 0 saturated heterocycles. The van der Waals surface area contributed by atoms with Crippen LogP contribution in [0.5, 0.6) is 5.75 Å². The van der Waals surface area contributed by atoms with E-state index in [-0.39, 0.29) is 11.4 Å². The Hall–Kier alpha value is -0.370. The van der Waals surface area contributed by atoms with Crippen molar-refractivity contribution in [1.29, 1.82) is 0 Å². The van der Waals surface area contributed by atoms with E-state index >= 15 is 0 Å². The average molecular weight is 344 g/mol. The van der Waals surface area contributed by atoms with E-state index in [0.717, 1.165) is 0 Å². The van der Waals surface area contributed by atoms with Crippen LogP contribution in [0.4, 0.5) is 5.69 Å². The summed E-state index contributed by atoms with van der Waals surface area (Å²) < 4.78 is 0.743. The molecule has 0 aliphatic carbocycles. The molecular weight excluding hydrogens is 341 g/mol. The van der Waals surface area contributed by atoms with Crippen molar-refractivity contribution >= 4 is 44.2 Å². The van der Waals surface area contributed by atoms with Gasteiger partial charge >= 0.3 is 0 Å². The first-order valence-corrected chi connectivity index (χ1v) is 4.72. The Balaban J connectivity index is 3.33. The van der Waals surface area contributed by atoms with Gasteiger partial charge in [0.25, 0.3) is 5.69 Å². The predicted octanol–water partition coefficient (Wildman–Crippen LogP) is 2.67. The summed E-state index contributed by atoms with van der Waals surface area (Å²) in [6, 6.07) is 2.61. The van der Waals surface area contributed by atoms with Crippen molar-refractivity contribution in [2.24, 2.45) is 0 Å². The van der Waals surface area contributed by atoms with Crippen LogP contribution >= 0.6 is 38.5 Å². The molecule has 0 aliphatic rings. The molecule has 0 aliphatic heterocycles. The van der Waals surface area contributed by atoms with Gasteiger partial charge in [0.15, 0.2) is 0 Å². The first kappa shape index (κ1) is 9.72. The molecule has 0 aromatic heterocycles. The quantitative estimate of drug-likeness (QED) is 0.484. The van der Waals surface area contributed by atoms with E-state index in [1.165, 1.54) is 12.1 Å². The van der Waals surface area contributed by atoms with Crippen LogP contribution in [0.1, 0.15) is 0 Å². The molecule has 6 heteroatoms. The lowest BCUT2D eigenvalue weighted by Gasteiger charge is -1.98. The van der Waals surface area contributed by atoms with Gasteiger partial charge in [0, 0.05) is 12.1 Å². The Labute approximate surface area is 90.0 Å². The van der Waals surface area contributed by atoms with E-state index in [4.69, 9.17) is 5.11 Å². The summed E-state index contributed by atoms with van der Waals surface area (Å²) in [5.41, 5.74) is -0.0136. The normalized spacial score (nSPS) is 9.83. The highest BCUT2D eigenvalue weighted by atomic mass is 127.